The molecule has 1 aliphatic carbocycles. The summed E-state index contributed by atoms with van der Waals surface area (Å²) in [5.41, 5.74) is 0. The van der Waals surface area contributed by atoms with Gasteiger partial charge in [-0.15, -0.1) is 0 Å². The number of carbonyl (C=O) groups is 1. The van der Waals surface area contributed by atoms with E-state index in [9.17, 15) is 4.79 Å². The Morgan fingerprint density at radius 2 is 1.87 bits per heavy atom. The average molecular weight is 321 g/mol. The monoisotopic (exact) mass is 321 g/mol. The van der Waals surface area contributed by atoms with Gasteiger partial charge in [-0.05, 0) is 25.7 Å². The van der Waals surface area contributed by atoms with Gasteiger partial charge in [0.05, 0.1) is 19.4 Å². The maximum absolute atomic E-state index is 11.9. The van der Waals surface area contributed by atoms with Gasteiger partial charge in [-0.3, -0.25) is 4.98 Å². The minimum atomic E-state index is -0.310. The SMILES string of the molecule is O=C(NC1CCC(Oc2cnccn2)CC1)OC1CCOCC1. The second-order valence-electron chi connectivity index (χ2n) is 6.00. The van der Waals surface area contributed by atoms with Crippen LogP contribution in [0.1, 0.15) is 38.5 Å². The van der Waals surface area contributed by atoms with Crippen molar-refractivity contribution in [2.24, 2.45) is 0 Å². The molecular weight excluding hydrogens is 298 g/mol. The fourth-order valence-corrected chi connectivity index (χ4v) is 2.99. The van der Waals surface area contributed by atoms with E-state index in [4.69, 9.17) is 14.2 Å². The second-order valence-corrected chi connectivity index (χ2v) is 6.00. The summed E-state index contributed by atoms with van der Waals surface area (Å²) in [6, 6.07) is 0.157. The molecule has 0 radical (unpaired) electrons. The smallest absolute Gasteiger partial charge is 0.407 e. The topological polar surface area (TPSA) is 82.6 Å². The number of carbonyl (C=O) groups excluding carboxylic acids is 1. The largest absolute Gasteiger partial charge is 0.473 e. The second kappa shape index (κ2) is 8.10. The van der Waals surface area contributed by atoms with Gasteiger partial charge in [0, 0.05) is 31.3 Å². The van der Waals surface area contributed by atoms with E-state index in [1.165, 1.54) is 0 Å². The minimum absolute atomic E-state index is 0.0138. The molecule has 0 bridgehead atoms. The zero-order valence-corrected chi connectivity index (χ0v) is 13.1. The summed E-state index contributed by atoms with van der Waals surface area (Å²) in [7, 11) is 0. The van der Waals surface area contributed by atoms with Gasteiger partial charge in [0.15, 0.2) is 0 Å². The zero-order chi connectivity index (χ0) is 15.9. The number of nitrogens with zero attached hydrogens (tertiary/aromatic N) is 2. The van der Waals surface area contributed by atoms with Crippen LogP contribution in [0, 0.1) is 0 Å². The van der Waals surface area contributed by atoms with Crippen molar-refractivity contribution in [1.82, 2.24) is 15.3 Å². The van der Waals surface area contributed by atoms with E-state index in [0.717, 1.165) is 38.5 Å². The van der Waals surface area contributed by atoms with Crippen LogP contribution in [-0.4, -0.2) is 47.5 Å². The van der Waals surface area contributed by atoms with Crippen molar-refractivity contribution in [1.29, 1.82) is 0 Å². The van der Waals surface area contributed by atoms with Crippen molar-refractivity contribution in [2.45, 2.75) is 56.8 Å². The lowest BCUT2D eigenvalue weighted by Crippen LogP contribution is -2.41. The van der Waals surface area contributed by atoms with Gasteiger partial charge in [0.25, 0.3) is 0 Å². The van der Waals surface area contributed by atoms with E-state index in [0.29, 0.717) is 19.1 Å². The fourth-order valence-electron chi connectivity index (χ4n) is 2.99. The molecule has 7 nitrogen and oxygen atoms in total. The first kappa shape index (κ1) is 16.0. The highest BCUT2D eigenvalue weighted by molar-refractivity contribution is 5.67. The molecule has 0 aromatic carbocycles. The van der Waals surface area contributed by atoms with Gasteiger partial charge in [-0.1, -0.05) is 0 Å². The number of alkyl carbamates (subject to hydrolysis) is 1. The molecule has 1 aromatic heterocycles. The van der Waals surface area contributed by atoms with Crippen LogP contribution < -0.4 is 10.1 Å². The molecule has 1 saturated carbocycles. The molecule has 7 heteroatoms. The van der Waals surface area contributed by atoms with Gasteiger partial charge >= 0.3 is 6.09 Å². The highest BCUT2D eigenvalue weighted by atomic mass is 16.6. The standard InChI is InChI=1S/C16H23N3O4/c20-16(23-14-5-9-21-10-6-14)19-12-1-3-13(4-2-12)22-15-11-17-7-8-18-15/h7-8,11-14H,1-6,9-10H2,(H,19,20). The first-order valence-electron chi connectivity index (χ1n) is 8.27. The van der Waals surface area contributed by atoms with Crippen molar-refractivity contribution >= 4 is 6.09 Å². The highest BCUT2D eigenvalue weighted by Gasteiger charge is 2.25. The van der Waals surface area contributed by atoms with E-state index >= 15 is 0 Å². The molecule has 1 saturated heterocycles. The number of nitrogens with one attached hydrogen (secondary N) is 1. The lowest BCUT2D eigenvalue weighted by Gasteiger charge is -2.29. The van der Waals surface area contributed by atoms with Crippen LogP contribution in [0.2, 0.25) is 0 Å². The first-order chi connectivity index (χ1) is 11.3. The quantitative estimate of drug-likeness (QED) is 0.914. The average Bonchev–Trinajstić information content (AvgIpc) is 2.58. The van der Waals surface area contributed by atoms with Crippen molar-refractivity contribution in [3.05, 3.63) is 18.6 Å². The van der Waals surface area contributed by atoms with Gasteiger partial charge in [-0.25, -0.2) is 9.78 Å². The predicted octanol–water partition coefficient (Wildman–Crippen LogP) is 2.07. The van der Waals surface area contributed by atoms with Crippen LogP contribution in [0.5, 0.6) is 5.88 Å². The molecule has 2 aliphatic rings. The van der Waals surface area contributed by atoms with Gasteiger partial charge in [0.1, 0.15) is 12.2 Å². The van der Waals surface area contributed by atoms with Crippen LogP contribution in [-0.2, 0) is 9.47 Å². The van der Waals surface area contributed by atoms with E-state index in [2.05, 4.69) is 15.3 Å². The minimum Gasteiger partial charge on any atom is -0.473 e. The zero-order valence-electron chi connectivity index (χ0n) is 13.1. The van der Waals surface area contributed by atoms with E-state index in [1.54, 1.807) is 18.6 Å². The lowest BCUT2D eigenvalue weighted by atomic mass is 9.93. The summed E-state index contributed by atoms with van der Waals surface area (Å²) in [6.07, 6.45) is 9.78. The van der Waals surface area contributed by atoms with Gasteiger partial charge < -0.3 is 19.5 Å². The first-order valence-corrected chi connectivity index (χ1v) is 8.27. The molecule has 0 spiro atoms. The number of hydrogen-bond donors (Lipinski definition) is 1. The van der Waals surface area contributed by atoms with Crippen molar-refractivity contribution in [2.75, 3.05) is 13.2 Å². The van der Waals surface area contributed by atoms with Crippen LogP contribution in [0.25, 0.3) is 0 Å². The van der Waals surface area contributed by atoms with E-state index in [1.807, 2.05) is 0 Å². The third-order valence-corrected chi connectivity index (χ3v) is 4.27. The molecule has 1 amide bonds. The lowest BCUT2D eigenvalue weighted by molar-refractivity contribution is -0.0000351. The summed E-state index contributed by atoms with van der Waals surface area (Å²) in [5, 5.41) is 2.97. The molecule has 1 aliphatic heterocycles. The summed E-state index contributed by atoms with van der Waals surface area (Å²) in [6.45, 7) is 1.34. The van der Waals surface area contributed by atoms with Crippen molar-refractivity contribution < 1.29 is 19.0 Å². The molecule has 126 valence electrons. The van der Waals surface area contributed by atoms with E-state index in [-0.39, 0.29) is 24.3 Å². The Labute approximate surface area is 135 Å². The Bertz CT molecular complexity index is 485. The molecule has 1 N–H and O–H groups in total. The van der Waals surface area contributed by atoms with Gasteiger partial charge in [0.2, 0.25) is 5.88 Å². The Hall–Kier alpha value is -1.89. The van der Waals surface area contributed by atoms with Crippen LogP contribution >= 0.6 is 0 Å². The number of amides is 1. The highest BCUT2D eigenvalue weighted by Crippen LogP contribution is 2.22. The van der Waals surface area contributed by atoms with Crippen LogP contribution in [0.4, 0.5) is 4.79 Å². The third kappa shape index (κ3) is 5.06. The number of aromatic nitrogens is 2. The molecular formula is C16H23N3O4. The maximum atomic E-state index is 11.9. The third-order valence-electron chi connectivity index (χ3n) is 4.27. The summed E-state index contributed by atoms with van der Waals surface area (Å²) in [5.74, 6) is 0.558. The number of rotatable bonds is 4. The Morgan fingerprint density at radius 3 is 2.57 bits per heavy atom. The van der Waals surface area contributed by atoms with Crippen molar-refractivity contribution in [3.63, 3.8) is 0 Å². The van der Waals surface area contributed by atoms with Crippen LogP contribution in [0.3, 0.4) is 0 Å². The molecule has 1 aromatic rings. The Morgan fingerprint density at radius 1 is 1.09 bits per heavy atom. The van der Waals surface area contributed by atoms with Gasteiger partial charge in [-0.2, -0.15) is 0 Å². The molecule has 2 fully saturated rings. The van der Waals surface area contributed by atoms with Crippen LogP contribution in [0.15, 0.2) is 18.6 Å². The van der Waals surface area contributed by atoms with Crippen molar-refractivity contribution in [3.8, 4) is 5.88 Å². The Balaban J connectivity index is 1.36. The summed E-state index contributed by atoms with van der Waals surface area (Å²) < 4.78 is 16.5. The molecule has 3 rings (SSSR count). The fraction of sp³-hybridized carbons (Fsp3) is 0.688. The molecule has 0 unspecified atom stereocenters. The molecule has 23 heavy (non-hydrogen) atoms. The summed E-state index contributed by atoms with van der Waals surface area (Å²) >= 11 is 0. The maximum Gasteiger partial charge on any atom is 0.407 e. The number of ether oxygens (including phenoxy) is 3. The predicted molar refractivity (Wildman–Crippen MR) is 82.2 cm³/mol. The molecule has 2 heterocycles. The Kier molecular flexibility index (Phi) is 5.63. The summed E-state index contributed by atoms with van der Waals surface area (Å²) in [4.78, 5) is 20.0. The van der Waals surface area contributed by atoms with E-state index < -0.39 is 0 Å². The number of hydrogen-bond acceptors (Lipinski definition) is 6. The normalized spacial score (nSPS) is 25.6. The molecule has 0 atom stereocenters.